The molecule has 0 bridgehead atoms. The molecule has 2 N–H and O–H groups in total. The van der Waals surface area contributed by atoms with Crippen LogP contribution in [-0.2, 0) is 11.3 Å². The third-order valence-corrected chi connectivity index (χ3v) is 2.38. The summed E-state index contributed by atoms with van der Waals surface area (Å²) in [5.74, 6) is 0. The van der Waals surface area contributed by atoms with Crippen molar-refractivity contribution >= 4 is 28.7 Å². The van der Waals surface area contributed by atoms with Crippen LogP contribution in [0, 0.1) is 3.57 Å². The lowest BCUT2D eigenvalue weighted by molar-refractivity contribution is 0.150. The lowest BCUT2D eigenvalue weighted by atomic mass is 10.2. The van der Waals surface area contributed by atoms with Crippen molar-refractivity contribution in [2.45, 2.75) is 6.61 Å². The molecular weight excluding hydrogens is 269 g/mol. The van der Waals surface area contributed by atoms with Crippen LogP contribution in [0.15, 0.2) is 24.3 Å². The molecule has 0 aliphatic heterocycles. The lowest BCUT2D eigenvalue weighted by Gasteiger charge is -2.02. The highest BCUT2D eigenvalue weighted by Gasteiger charge is 1.99. The summed E-state index contributed by atoms with van der Waals surface area (Å²) in [6, 6.07) is 7.66. The number of nitrogens with two attached hydrogens (primary N) is 1. The van der Waals surface area contributed by atoms with E-state index in [0.29, 0.717) is 0 Å². The van der Waals surface area contributed by atoms with E-state index in [1.165, 1.54) is 0 Å². The van der Waals surface area contributed by atoms with Gasteiger partial charge in [0.25, 0.3) is 0 Å². The van der Waals surface area contributed by atoms with Crippen LogP contribution < -0.4 is 5.73 Å². The van der Waals surface area contributed by atoms with E-state index in [9.17, 15) is 4.79 Å². The average Bonchev–Trinajstić information content (AvgIpc) is 2.03. The molecule has 0 fully saturated rings. The summed E-state index contributed by atoms with van der Waals surface area (Å²) in [5.41, 5.74) is 5.80. The van der Waals surface area contributed by atoms with Crippen LogP contribution in [0.4, 0.5) is 4.79 Å². The fourth-order valence-electron chi connectivity index (χ4n) is 0.764. The Kier molecular flexibility index (Phi) is 3.33. The maximum absolute atomic E-state index is 10.3. The zero-order valence-electron chi connectivity index (χ0n) is 6.29. The van der Waals surface area contributed by atoms with Gasteiger partial charge in [-0.05, 0) is 28.7 Å². The van der Waals surface area contributed by atoms with Gasteiger partial charge in [-0.3, -0.25) is 0 Å². The minimum atomic E-state index is -0.741. The smallest absolute Gasteiger partial charge is 0.404 e. The zero-order valence-corrected chi connectivity index (χ0v) is 8.45. The van der Waals surface area contributed by atoms with Gasteiger partial charge < -0.3 is 10.5 Å². The Labute approximate surface area is 84.0 Å². The quantitative estimate of drug-likeness (QED) is 0.839. The highest BCUT2D eigenvalue weighted by atomic mass is 127. The summed E-state index contributed by atoms with van der Waals surface area (Å²) >= 11 is 2.18. The number of carbonyl (C=O) groups is 1. The second-order valence-electron chi connectivity index (χ2n) is 2.20. The van der Waals surface area contributed by atoms with Crippen molar-refractivity contribution in [1.29, 1.82) is 0 Å². The Morgan fingerprint density at radius 1 is 1.50 bits per heavy atom. The van der Waals surface area contributed by atoms with Gasteiger partial charge in [0.1, 0.15) is 6.61 Å². The topological polar surface area (TPSA) is 52.3 Å². The fraction of sp³-hybridized carbons (Fsp3) is 0.125. The monoisotopic (exact) mass is 277 g/mol. The number of halogens is 1. The van der Waals surface area contributed by atoms with Gasteiger partial charge in [-0.25, -0.2) is 4.79 Å². The van der Waals surface area contributed by atoms with Crippen molar-refractivity contribution in [3.8, 4) is 0 Å². The van der Waals surface area contributed by atoms with E-state index in [0.717, 1.165) is 9.13 Å². The second kappa shape index (κ2) is 4.30. The van der Waals surface area contributed by atoms with E-state index in [-0.39, 0.29) is 6.61 Å². The third-order valence-electron chi connectivity index (χ3n) is 1.33. The van der Waals surface area contributed by atoms with Gasteiger partial charge in [-0.2, -0.15) is 0 Å². The number of rotatable bonds is 2. The largest absolute Gasteiger partial charge is 0.445 e. The molecule has 0 radical (unpaired) electrons. The molecule has 4 heteroatoms. The Balaban J connectivity index is 2.63. The fourth-order valence-corrected chi connectivity index (χ4v) is 1.31. The van der Waals surface area contributed by atoms with E-state index in [1.807, 2.05) is 24.3 Å². The van der Waals surface area contributed by atoms with Gasteiger partial charge in [0.05, 0.1) is 0 Å². The molecule has 0 unspecified atom stereocenters. The van der Waals surface area contributed by atoms with Crippen LogP contribution in [0.1, 0.15) is 5.56 Å². The molecule has 12 heavy (non-hydrogen) atoms. The molecule has 0 spiro atoms. The predicted octanol–water partition coefficient (Wildman–Crippen LogP) is 1.89. The van der Waals surface area contributed by atoms with Crippen molar-refractivity contribution in [2.75, 3.05) is 0 Å². The van der Waals surface area contributed by atoms with Gasteiger partial charge >= 0.3 is 6.09 Å². The molecule has 0 aromatic heterocycles. The standard InChI is InChI=1S/C8H8INO2/c9-7-4-2-1-3-6(7)5-12-8(10)11/h1-4H,5H2,(H2,10,11). The molecule has 1 amide bonds. The van der Waals surface area contributed by atoms with E-state index >= 15 is 0 Å². The van der Waals surface area contributed by atoms with Crippen molar-refractivity contribution < 1.29 is 9.53 Å². The molecule has 3 nitrogen and oxygen atoms in total. The maximum Gasteiger partial charge on any atom is 0.404 e. The van der Waals surface area contributed by atoms with Crippen LogP contribution in [0.2, 0.25) is 0 Å². The number of amides is 1. The Morgan fingerprint density at radius 3 is 2.75 bits per heavy atom. The van der Waals surface area contributed by atoms with Gasteiger partial charge in [0.2, 0.25) is 0 Å². The molecule has 1 aromatic rings. The van der Waals surface area contributed by atoms with E-state index < -0.39 is 6.09 Å². The number of hydrogen-bond donors (Lipinski definition) is 1. The maximum atomic E-state index is 10.3. The third kappa shape index (κ3) is 2.69. The zero-order chi connectivity index (χ0) is 8.97. The summed E-state index contributed by atoms with van der Waals surface area (Å²) in [6.07, 6.45) is -0.741. The molecular formula is C8H8INO2. The van der Waals surface area contributed by atoms with Gasteiger partial charge in [-0.15, -0.1) is 0 Å². The van der Waals surface area contributed by atoms with Gasteiger partial charge in [-0.1, -0.05) is 18.2 Å². The summed E-state index contributed by atoms with van der Waals surface area (Å²) in [6.45, 7) is 0.244. The average molecular weight is 277 g/mol. The van der Waals surface area contributed by atoms with Crippen LogP contribution >= 0.6 is 22.6 Å². The minimum absolute atomic E-state index is 0.244. The predicted molar refractivity (Wildman–Crippen MR) is 53.5 cm³/mol. The number of ether oxygens (including phenoxy) is 1. The Bertz CT molecular complexity index is 288. The molecule has 1 rings (SSSR count). The van der Waals surface area contributed by atoms with Crippen LogP contribution in [0.25, 0.3) is 0 Å². The second-order valence-corrected chi connectivity index (χ2v) is 3.36. The molecule has 0 saturated carbocycles. The number of primary amides is 1. The first-order chi connectivity index (χ1) is 5.70. The van der Waals surface area contributed by atoms with Gasteiger partial charge in [0.15, 0.2) is 0 Å². The van der Waals surface area contributed by atoms with E-state index in [1.54, 1.807) is 0 Å². The van der Waals surface area contributed by atoms with Crippen molar-refractivity contribution in [3.05, 3.63) is 33.4 Å². The Morgan fingerprint density at radius 2 is 2.17 bits per heavy atom. The number of carbonyl (C=O) groups excluding carboxylic acids is 1. The number of benzene rings is 1. The Hall–Kier alpha value is -0.780. The molecule has 0 saturated heterocycles. The van der Waals surface area contributed by atoms with Gasteiger partial charge in [0, 0.05) is 9.13 Å². The number of hydrogen-bond acceptors (Lipinski definition) is 2. The van der Waals surface area contributed by atoms with Crippen LogP contribution in [0.5, 0.6) is 0 Å². The van der Waals surface area contributed by atoms with Crippen molar-refractivity contribution in [1.82, 2.24) is 0 Å². The first-order valence-corrected chi connectivity index (χ1v) is 4.43. The first kappa shape index (κ1) is 9.31. The summed E-state index contributed by atoms with van der Waals surface area (Å²) < 4.78 is 5.71. The highest BCUT2D eigenvalue weighted by molar-refractivity contribution is 14.1. The molecule has 1 aromatic carbocycles. The highest BCUT2D eigenvalue weighted by Crippen LogP contribution is 2.11. The molecule has 0 atom stereocenters. The molecule has 0 aliphatic rings. The minimum Gasteiger partial charge on any atom is -0.445 e. The first-order valence-electron chi connectivity index (χ1n) is 3.36. The van der Waals surface area contributed by atoms with Crippen molar-refractivity contribution in [3.63, 3.8) is 0 Å². The normalized spacial score (nSPS) is 9.42. The van der Waals surface area contributed by atoms with E-state index in [4.69, 9.17) is 5.73 Å². The summed E-state index contributed by atoms with van der Waals surface area (Å²) in [7, 11) is 0. The molecule has 0 aliphatic carbocycles. The lowest BCUT2D eigenvalue weighted by Crippen LogP contribution is -2.12. The SMILES string of the molecule is NC(=O)OCc1ccccc1I. The van der Waals surface area contributed by atoms with Crippen molar-refractivity contribution in [2.24, 2.45) is 5.73 Å². The summed E-state index contributed by atoms with van der Waals surface area (Å²) in [5, 5.41) is 0. The molecule has 0 heterocycles. The summed E-state index contributed by atoms with van der Waals surface area (Å²) in [4.78, 5) is 10.3. The van der Waals surface area contributed by atoms with Crippen LogP contribution in [-0.4, -0.2) is 6.09 Å². The molecule has 64 valence electrons. The van der Waals surface area contributed by atoms with E-state index in [2.05, 4.69) is 27.3 Å². The van der Waals surface area contributed by atoms with Crippen LogP contribution in [0.3, 0.4) is 0 Å².